The predicted octanol–water partition coefficient (Wildman–Crippen LogP) is 3.45. The highest BCUT2D eigenvalue weighted by atomic mass is 32.1. The van der Waals surface area contributed by atoms with Crippen molar-refractivity contribution in [2.75, 3.05) is 31.1 Å². The number of carbonyl (C=O) groups is 1. The zero-order valence-corrected chi connectivity index (χ0v) is 15.3. The minimum atomic E-state index is -0.875. The molecule has 0 radical (unpaired) electrons. The van der Waals surface area contributed by atoms with E-state index in [-0.39, 0.29) is 11.3 Å². The smallest absolute Gasteiger partial charge is 0.270 e. The number of amides is 1. The number of nitro groups is 1. The number of halogens is 2. The van der Waals surface area contributed by atoms with E-state index in [2.05, 4.69) is 4.98 Å². The summed E-state index contributed by atoms with van der Waals surface area (Å²) in [4.78, 5) is 31.0. The van der Waals surface area contributed by atoms with Gasteiger partial charge in [0.05, 0.1) is 20.7 Å². The van der Waals surface area contributed by atoms with Gasteiger partial charge < -0.3 is 9.80 Å². The van der Waals surface area contributed by atoms with E-state index in [9.17, 15) is 23.7 Å². The van der Waals surface area contributed by atoms with E-state index in [0.29, 0.717) is 37.8 Å². The van der Waals surface area contributed by atoms with Gasteiger partial charge in [0, 0.05) is 44.4 Å². The molecule has 0 N–H and O–H groups in total. The molecule has 0 atom stereocenters. The van der Waals surface area contributed by atoms with Gasteiger partial charge in [0.1, 0.15) is 11.6 Å². The number of aromatic nitrogens is 1. The monoisotopic (exact) mass is 404 g/mol. The molecular formula is C18H14F2N4O3S. The van der Waals surface area contributed by atoms with E-state index in [1.807, 2.05) is 4.90 Å². The number of piperazine rings is 1. The molecule has 2 aromatic carbocycles. The Bertz CT molecular complexity index is 1080. The first kappa shape index (κ1) is 18.2. The summed E-state index contributed by atoms with van der Waals surface area (Å²) in [5, 5.41) is 11.6. The highest BCUT2D eigenvalue weighted by Gasteiger charge is 2.26. The van der Waals surface area contributed by atoms with Crippen molar-refractivity contribution in [2.45, 2.75) is 0 Å². The van der Waals surface area contributed by atoms with Gasteiger partial charge in [-0.25, -0.2) is 13.8 Å². The standard InChI is InChI=1S/C18H14F2N4O3S/c19-11-1-3-13(14(20)9-11)17(25)22-5-7-23(8-6-22)18-21-15-4-2-12(24(26)27)10-16(15)28-18/h1-4,9-10H,5-8H2. The molecule has 4 rings (SSSR count). The molecule has 7 nitrogen and oxygen atoms in total. The van der Waals surface area contributed by atoms with Crippen LogP contribution in [-0.2, 0) is 0 Å². The van der Waals surface area contributed by atoms with E-state index in [1.54, 1.807) is 6.07 Å². The molecule has 0 bridgehead atoms. The summed E-state index contributed by atoms with van der Waals surface area (Å²) in [6.45, 7) is 1.73. The second-order valence-electron chi connectivity index (χ2n) is 6.31. The minimum Gasteiger partial charge on any atom is -0.345 e. The van der Waals surface area contributed by atoms with Crippen LogP contribution in [0.1, 0.15) is 10.4 Å². The van der Waals surface area contributed by atoms with Gasteiger partial charge in [-0.3, -0.25) is 14.9 Å². The molecule has 0 unspecified atom stereocenters. The molecule has 1 aliphatic heterocycles. The van der Waals surface area contributed by atoms with E-state index >= 15 is 0 Å². The summed E-state index contributed by atoms with van der Waals surface area (Å²) in [6.07, 6.45) is 0. The molecule has 3 aromatic rings. The Balaban J connectivity index is 1.47. The van der Waals surface area contributed by atoms with Crippen LogP contribution in [0.5, 0.6) is 0 Å². The summed E-state index contributed by atoms with van der Waals surface area (Å²) in [6, 6.07) is 7.44. The molecule has 1 amide bonds. The number of nitro benzene ring substituents is 1. The van der Waals surface area contributed by atoms with Crippen LogP contribution in [0.15, 0.2) is 36.4 Å². The quantitative estimate of drug-likeness (QED) is 0.494. The molecule has 0 saturated carbocycles. The Morgan fingerprint density at radius 2 is 1.86 bits per heavy atom. The topological polar surface area (TPSA) is 79.6 Å². The van der Waals surface area contributed by atoms with Crippen molar-refractivity contribution in [3.8, 4) is 0 Å². The fourth-order valence-corrected chi connectivity index (χ4v) is 4.13. The second kappa shape index (κ2) is 7.12. The lowest BCUT2D eigenvalue weighted by atomic mass is 10.1. The number of fused-ring (bicyclic) bond motifs is 1. The molecule has 1 aliphatic rings. The third-order valence-electron chi connectivity index (χ3n) is 4.57. The lowest BCUT2D eigenvalue weighted by molar-refractivity contribution is -0.384. The fraction of sp³-hybridized carbons (Fsp3) is 0.222. The number of benzene rings is 2. The van der Waals surface area contributed by atoms with Crippen molar-refractivity contribution in [3.05, 3.63) is 63.7 Å². The number of thiazole rings is 1. The van der Waals surface area contributed by atoms with Crippen molar-refractivity contribution >= 4 is 38.3 Å². The summed E-state index contributed by atoms with van der Waals surface area (Å²) in [5.41, 5.74) is 0.541. The van der Waals surface area contributed by atoms with Gasteiger partial charge in [0.15, 0.2) is 5.13 Å². The fourth-order valence-electron chi connectivity index (χ4n) is 3.08. The molecular weight excluding hydrogens is 390 g/mol. The molecule has 2 heterocycles. The summed E-state index contributed by atoms with van der Waals surface area (Å²) >= 11 is 1.35. The van der Waals surface area contributed by atoms with Crippen LogP contribution in [0.25, 0.3) is 10.2 Å². The SMILES string of the molecule is O=C(c1ccc(F)cc1F)N1CCN(c2nc3ccc([N+](=O)[O-])cc3s2)CC1. The van der Waals surface area contributed by atoms with Crippen LogP contribution in [-0.4, -0.2) is 46.9 Å². The number of anilines is 1. The first-order valence-electron chi connectivity index (χ1n) is 8.46. The van der Waals surface area contributed by atoms with E-state index in [0.717, 1.165) is 22.0 Å². The van der Waals surface area contributed by atoms with Crippen molar-refractivity contribution in [2.24, 2.45) is 0 Å². The number of carbonyl (C=O) groups excluding carboxylic acids is 1. The van der Waals surface area contributed by atoms with Crippen LogP contribution in [0.2, 0.25) is 0 Å². The maximum absolute atomic E-state index is 13.9. The molecule has 0 aliphatic carbocycles. The lowest BCUT2D eigenvalue weighted by Gasteiger charge is -2.34. The second-order valence-corrected chi connectivity index (χ2v) is 7.32. The van der Waals surface area contributed by atoms with Crippen molar-refractivity contribution in [1.29, 1.82) is 0 Å². The van der Waals surface area contributed by atoms with E-state index in [4.69, 9.17) is 0 Å². The van der Waals surface area contributed by atoms with Crippen molar-refractivity contribution in [1.82, 2.24) is 9.88 Å². The molecule has 144 valence electrons. The van der Waals surface area contributed by atoms with Crippen LogP contribution >= 0.6 is 11.3 Å². The number of hydrogen-bond acceptors (Lipinski definition) is 6. The Morgan fingerprint density at radius 3 is 2.54 bits per heavy atom. The van der Waals surface area contributed by atoms with Crippen LogP contribution in [0, 0.1) is 21.7 Å². The molecule has 28 heavy (non-hydrogen) atoms. The zero-order chi connectivity index (χ0) is 19.8. The molecule has 10 heteroatoms. The van der Waals surface area contributed by atoms with Gasteiger partial charge in [0.25, 0.3) is 11.6 Å². The predicted molar refractivity (Wildman–Crippen MR) is 101 cm³/mol. The van der Waals surface area contributed by atoms with Crippen LogP contribution in [0.4, 0.5) is 19.6 Å². The van der Waals surface area contributed by atoms with Crippen LogP contribution < -0.4 is 4.90 Å². The van der Waals surface area contributed by atoms with Gasteiger partial charge in [0.2, 0.25) is 0 Å². The number of hydrogen-bond donors (Lipinski definition) is 0. The maximum Gasteiger partial charge on any atom is 0.270 e. The molecule has 0 spiro atoms. The number of rotatable bonds is 3. The van der Waals surface area contributed by atoms with Crippen molar-refractivity contribution < 1.29 is 18.5 Å². The molecule has 1 fully saturated rings. The third-order valence-corrected chi connectivity index (χ3v) is 5.65. The third kappa shape index (κ3) is 3.38. The van der Waals surface area contributed by atoms with E-state index < -0.39 is 22.5 Å². The van der Waals surface area contributed by atoms with Gasteiger partial charge in [-0.1, -0.05) is 11.3 Å². The summed E-state index contributed by atoms with van der Waals surface area (Å²) < 4.78 is 27.6. The lowest BCUT2D eigenvalue weighted by Crippen LogP contribution is -2.49. The normalized spacial score (nSPS) is 14.5. The minimum absolute atomic E-state index is 0.0134. The Labute approximate surface area is 162 Å². The number of non-ortho nitro benzene ring substituents is 1. The Kier molecular flexibility index (Phi) is 4.63. The highest BCUT2D eigenvalue weighted by molar-refractivity contribution is 7.22. The Hall–Kier alpha value is -3.14. The van der Waals surface area contributed by atoms with Gasteiger partial charge in [-0.2, -0.15) is 0 Å². The van der Waals surface area contributed by atoms with E-state index in [1.165, 1.54) is 28.4 Å². The van der Waals surface area contributed by atoms with Gasteiger partial charge >= 0.3 is 0 Å². The highest BCUT2D eigenvalue weighted by Crippen LogP contribution is 2.32. The largest absolute Gasteiger partial charge is 0.345 e. The zero-order valence-electron chi connectivity index (χ0n) is 14.5. The average Bonchev–Trinajstić information content (AvgIpc) is 3.11. The van der Waals surface area contributed by atoms with Gasteiger partial charge in [-0.15, -0.1) is 0 Å². The summed E-state index contributed by atoms with van der Waals surface area (Å²) in [7, 11) is 0. The van der Waals surface area contributed by atoms with Crippen LogP contribution in [0.3, 0.4) is 0 Å². The number of nitrogens with zero attached hydrogens (tertiary/aromatic N) is 4. The molecule has 1 saturated heterocycles. The Morgan fingerprint density at radius 1 is 1.11 bits per heavy atom. The van der Waals surface area contributed by atoms with Crippen molar-refractivity contribution in [3.63, 3.8) is 0 Å². The first-order chi connectivity index (χ1) is 13.4. The maximum atomic E-state index is 13.9. The average molecular weight is 404 g/mol. The first-order valence-corrected chi connectivity index (χ1v) is 9.28. The summed E-state index contributed by atoms with van der Waals surface area (Å²) in [5.74, 6) is -2.08. The van der Waals surface area contributed by atoms with Gasteiger partial charge in [-0.05, 0) is 18.2 Å². The molecule has 1 aromatic heterocycles.